The molecule has 2 rings (SSSR count). The van der Waals surface area contributed by atoms with E-state index in [1.165, 1.54) is 12.1 Å². The van der Waals surface area contributed by atoms with Gasteiger partial charge in [0.2, 0.25) is 11.8 Å². The Hall–Kier alpha value is -3.14. The van der Waals surface area contributed by atoms with E-state index in [-0.39, 0.29) is 24.0 Å². The molecule has 1 aromatic carbocycles. The van der Waals surface area contributed by atoms with Crippen LogP contribution in [0.1, 0.15) is 32.8 Å². The monoisotopic (exact) mass is 434 g/mol. The molecule has 0 aromatic heterocycles. The van der Waals surface area contributed by atoms with E-state index in [4.69, 9.17) is 10.5 Å². The fraction of sp³-hybridized carbons (Fsp3) is 0.524. The predicted molar refractivity (Wildman–Crippen MR) is 112 cm³/mol. The second kappa shape index (κ2) is 10.8. The van der Waals surface area contributed by atoms with Gasteiger partial charge in [-0.25, -0.2) is 0 Å². The third-order valence-corrected chi connectivity index (χ3v) is 4.74. The third kappa shape index (κ3) is 7.25. The number of nitrogens with one attached hydrogen (secondary N) is 3. The number of hydrogen-bond acceptors (Lipinski definition) is 6. The first-order chi connectivity index (χ1) is 14.6. The first-order valence-electron chi connectivity index (χ1n) is 10.2. The normalized spacial score (nSPS) is 19.2. The maximum atomic E-state index is 12.8. The largest absolute Gasteiger partial charge is 0.508 e. The molecule has 31 heavy (non-hydrogen) atoms. The summed E-state index contributed by atoms with van der Waals surface area (Å²) in [5.74, 6) is -2.07. The van der Waals surface area contributed by atoms with Gasteiger partial charge in [0.1, 0.15) is 17.8 Å². The highest BCUT2D eigenvalue weighted by Crippen LogP contribution is 2.23. The molecule has 10 nitrogen and oxygen atoms in total. The van der Waals surface area contributed by atoms with Gasteiger partial charge in [0.05, 0.1) is 0 Å². The van der Waals surface area contributed by atoms with Crippen molar-refractivity contribution in [2.45, 2.75) is 57.9 Å². The minimum Gasteiger partial charge on any atom is -0.508 e. The number of likely N-dealkylation sites (N-methyl/N-ethyl adjacent to an activating group) is 1. The number of rotatable bonds is 11. The van der Waals surface area contributed by atoms with Crippen molar-refractivity contribution in [3.8, 4) is 5.75 Å². The van der Waals surface area contributed by atoms with Crippen molar-refractivity contribution in [2.75, 3.05) is 6.54 Å². The molecule has 0 aliphatic carbocycles. The van der Waals surface area contributed by atoms with Crippen molar-refractivity contribution in [3.63, 3.8) is 0 Å². The minimum atomic E-state index is -0.996. The molecule has 4 atom stereocenters. The molecule has 0 unspecified atom stereocenters. The summed E-state index contributed by atoms with van der Waals surface area (Å²) in [6.07, 6.45) is -1.36. The van der Waals surface area contributed by atoms with Gasteiger partial charge in [-0.3, -0.25) is 19.2 Å². The van der Waals surface area contributed by atoms with Gasteiger partial charge in [-0.05, 0) is 37.0 Å². The van der Waals surface area contributed by atoms with Crippen LogP contribution in [-0.2, 0) is 30.3 Å². The first kappa shape index (κ1) is 24.1. The number of phenolic OH excluding ortho intramolecular Hbond substituents is 1. The van der Waals surface area contributed by atoms with Crippen LogP contribution in [-0.4, -0.2) is 59.6 Å². The number of amides is 4. The van der Waals surface area contributed by atoms with Gasteiger partial charge in [-0.1, -0.05) is 26.0 Å². The Bertz CT molecular complexity index is 811. The fourth-order valence-corrected chi connectivity index (χ4v) is 3.11. The van der Waals surface area contributed by atoms with E-state index in [1.54, 1.807) is 19.1 Å². The first-order valence-corrected chi connectivity index (χ1v) is 10.2. The summed E-state index contributed by atoms with van der Waals surface area (Å²) in [6.45, 7) is 5.95. The maximum absolute atomic E-state index is 12.8. The molecular weight excluding hydrogens is 404 g/mol. The molecule has 0 spiro atoms. The summed E-state index contributed by atoms with van der Waals surface area (Å²) in [5.41, 5.74) is 6.15. The van der Waals surface area contributed by atoms with Gasteiger partial charge in [-0.15, -0.1) is 0 Å². The van der Waals surface area contributed by atoms with Crippen LogP contribution in [0, 0.1) is 5.92 Å². The summed E-state index contributed by atoms with van der Waals surface area (Å²) >= 11 is 0. The quantitative estimate of drug-likeness (QED) is 0.290. The van der Waals surface area contributed by atoms with E-state index >= 15 is 0 Å². The van der Waals surface area contributed by atoms with Crippen molar-refractivity contribution in [1.82, 2.24) is 16.0 Å². The van der Waals surface area contributed by atoms with Crippen LogP contribution in [0.4, 0.5) is 0 Å². The molecule has 1 aliphatic heterocycles. The van der Waals surface area contributed by atoms with E-state index in [0.29, 0.717) is 18.5 Å². The molecular formula is C21H30N4O6. The van der Waals surface area contributed by atoms with E-state index < -0.39 is 42.0 Å². The van der Waals surface area contributed by atoms with Gasteiger partial charge >= 0.3 is 0 Å². The van der Waals surface area contributed by atoms with Gasteiger partial charge in [-0.2, -0.15) is 0 Å². The maximum Gasteiger partial charge on any atom is 0.253 e. The number of carbonyl (C=O) groups is 4. The van der Waals surface area contributed by atoms with E-state index in [2.05, 4.69) is 16.0 Å². The number of ether oxygens (including phenoxy) is 1. The lowest BCUT2D eigenvalue weighted by atomic mass is 10.0. The lowest BCUT2D eigenvalue weighted by Crippen LogP contribution is -2.54. The Morgan fingerprint density at radius 1 is 1.03 bits per heavy atom. The number of nitrogens with two attached hydrogens (primary N) is 1. The number of aromatic hydroxyl groups is 1. The second-order valence-electron chi connectivity index (χ2n) is 7.90. The topological polar surface area (TPSA) is 163 Å². The van der Waals surface area contributed by atoms with E-state index in [0.717, 1.165) is 0 Å². The Morgan fingerprint density at radius 3 is 2.19 bits per heavy atom. The molecule has 1 fully saturated rings. The molecule has 10 heteroatoms. The highest BCUT2D eigenvalue weighted by Gasteiger charge is 2.50. The van der Waals surface area contributed by atoms with E-state index in [9.17, 15) is 24.3 Å². The van der Waals surface area contributed by atoms with Crippen molar-refractivity contribution in [2.24, 2.45) is 11.7 Å². The second-order valence-corrected chi connectivity index (χ2v) is 7.90. The molecule has 0 saturated carbocycles. The Kier molecular flexibility index (Phi) is 8.38. The molecule has 1 heterocycles. The summed E-state index contributed by atoms with van der Waals surface area (Å²) in [6, 6.07) is 4.26. The van der Waals surface area contributed by atoms with Gasteiger partial charge in [0.15, 0.2) is 12.2 Å². The van der Waals surface area contributed by atoms with Crippen LogP contribution in [0.15, 0.2) is 24.3 Å². The average molecular weight is 434 g/mol. The summed E-state index contributed by atoms with van der Waals surface area (Å²) in [5, 5.41) is 17.2. The molecule has 6 N–H and O–H groups in total. The van der Waals surface area contributed by atoms with Crippen molar-refractivity contribution < 1.29 is 29.0 Å². The van der Waals surface area contributed by atoms with Crippen molar-refractivity contribution in [1.29, 1.82) is 0 Å². The number of primary amides is 1. The fourth-order valence-electron chi connectivity index (χ4n) is 3.11. The lowest BCUT2D eigenvalue weighted by molar-refractivity contribution is -0.132. The summed E-state index contributed by atoms with van der Waals surface area (Å²) in [4.78, 5) is 48.9. The van der Waals surface area contributed by atoms with Crippen LogP contribution in [0.5, 0.6) is 5.75 Å². The SMILES string of the molecule is CCNC(=O)[C@@H]1O[C@H]1C(=O)N[C@@H](CC(C)C)C(=O)N[C@@H](Cc1ccc(O)cc1)C(N)=O. The van der Waals surface area contributed by atoms with Crippen LogP contribution >= 0.6 is 0 Å². The number of epoxide rings is 1. The number of carbonyl (C=O) groups excluding carboxylic acids is 4. The zero-order chi connectivity index (χ0) is 23.1. The third-order valence-electron chi connectivity index (χ3n) is 4.74. The molecule has 1 aromatic rings. The highest BCUT2D eigenvalue weighted by atomic mass is 16.6. The van der Waals surface area contributed by atoms with Crippen LogP contribution in [0.2, 0.25) is 0 Å². The lowest BCUT2D eigenvalue weighted by Gasteiger charge is -2.23. The molecule has 0 bridgehead atoms. The van der Waals surface area contributed by atoms with Crippen LogP contribution < -0.4 is 21.7 Å². The number of hydrogen-bond donors (Lipinski definition) is 5. The summed E-state index contributed by atoms with van der Waals surface area (Å²) in [7, 11) is 0. The van der Waals surface area contributed by atoms with Crippen molar-refractivity contribution in [3.05, 3.63) is 29.8 Å². The van der Waals surface area contributed by atoms with Crippen LogP contribution in [0.25, 0.3) is 0 Å². The van der Waals surface area contributed by atoms with Gasteiger partial charge < -0.3 is 31.5 Å². The van der Waals surface area contributed by atoms with Gasteiger partial charge in [0.25, 0.3) is 11.8 Å². The zero-order valence-electron chi connectivity index (χ0n) is 17.9. The standard InChI is InChI=1S/C21H30N4O6/c1-4-23-20(29)16-17(31-16)21(30)25-15(9-11(2)3)19(28)24-14(18(22)27)10-12-5-7-13(26)8-6-12/h5-8,11,14-17,26H,4,9-10H2,1-3H3,(H2,22,27)(H,23,29)(H,24,28)(H,25,30)/t14-,15-,16+,17+/m0/s1. The zero-order valence-corrected chi connectivity index (χ0v) is 17.9. The average Bonchev–Trinajstić information content (AvgIpc) is 3.49. The van der Waals surface area contributed by atoms with E-state index in [1.807, 2.05) is 13.8 Å². The molecule has 1 aliphatic rings. The van der Waals surface area contributed by atoms with Crippen LogP contribution in [0.3, 0.4) is 0 Å². The predicted octanol–water partition coefficient (Wildman–Crippen LogP) is -0.661. The molecule has 4 amide bonds. The number of benzene rings is 1. The molecule has 170 valence electrons. The molecule has 0 radical (unpaired) electrons. The van der Waals surface area contributed by atoms with Crippen molar-refractivity contribution >= 4 is 23.6 Å². The Labute approximate surface area is 180 Å². The highest BCUT2D eigenvalue weighted by molar-refractivity contribution is 5.97. The smallest absolute Gasteiger partial charge is 0.253 e. The molecule has 1 saturated heterocycles. The Morgan fingerprint density at radius 2 is 1.65 bits per heavy atom. The minimum absolute atomic E-state index is 0.0690. The Balaban J connectivity index is 2.02. The summed E-state index contributed by atoms with van der Waals surface area (Å²) < 4.78 is 5.14. The van der Waals surface area contributed by atoms with Gasteiger partial charge in [0, 0.05) is 13.0 Å². The number of phenols is 1.